The van der Waals surface area contributed by atoms with Gasteiger partial charge in [-0.15, -0.1) is 0 Å². The van der Waals surface area contributed by atoms with Crippen LogP contribution in [0.25, 0.3) is 0 Å². The predicted octanol–water partition coefficient (Wildman–Crippen LogP) is 4.39. The Balaban J connectivity index is 1.67. The lowest BCUT2D eigenvalue weighted by molar-refractivity contribution is -0.147. The van der Waals surface area contributed by atoms with Gasteiger partial charge in [-0.3, -0.25) is 9.59 Å². The first-order valence-electron chi connectivity index (χ1n) is 11.5. The van der Waals surface area contributed by atoms with Crippen LogP contribution in [0.5, 0.6) is 0 Å². The van der Waals surface area contributed by atoms with Crippen molar-refractivity contribution in [2.75, 3.05) is 11.9 Å². The van der Waals surface area contributed by atoms with E-state index in [-0.39, 0.29) is 30.2 Å². The van der Waals surface area contributed by atoms with Crippen molar-refractivity contribution in [2.24, 2.45) is 5.92 Å². The minimum atomic E-state index is -1.09. The van der Waals surface area contributed by atoms with Crippen LogP contribution in [0.2, 0.25) is 0 Å². The highest BCUT2D eigenvalue weighted by Gasteiger charge is 2.32. The van der Waals surface area contributed by atoms with Crippen LogP contribution in [-0.4, -0.2) is 45.7 Å². The molecule has 2 aromatic carbocycles. The van der Waals surface area contributed by atoms with Crippen molar-refractivity contribution >= 4 is 17.6 Å². The molecule has 33 heavy (non-hydrogen) atoms. The van der Waals surface area contributed by atoms with Gasteiger partial charge in [-0.25, -0.2) is 4.39 Å². The predicted molar refractivity (Wildman–Crippen MR) is 125 cm³/mol. The summed E-state index contributed by atoms with van der Waals surface area (Å²) in [5.74, 6) is -1.69. The summed E-state index contributed by atoms with van der Waals surface area (Å²) in [5, 5.41) is 23.5. The number of aliphatic carboxylic acids is 1. The summed E-state index contributed by atoms with van der Waals surface area (Å²) in [7, 11) is 0. The Morgan fingerprint density at radius 3 is 2.45 bits per heavy atom. The Bertz CT molecular complexity index is 948. The van der Waals surface area contributed by atoms with Gasteiger partial charge in [-0.1, -0.05) is 38.1 Å². The van der Waals surface area contributed by atoms with Crippen molar-refractivity contribution in [1.29, 1.82) is 0 Å². The Kier molecular flexibility index (Phi) is 8.44. The zero-order valence-electron chi connectivity index (χ0n) is 19.2. The van der Waals surface area contributed by atoms with E-state index in [1.807, 2.05) is 12.1 Å². The van der Waals surface area contributed by atoms with E-state index in [1.54, 1.807) is 12.1 Å². The van der Waals surface area contributed by atoms with Crippen molar-refractivity contribution in [3.63, 3.8) is 0 Å². The van der Waals surface area contributed by atoms with E-state index in [1.165, 1.54) is 22.6 Å². The summed E-state index contributed by atoms with van der Waals surface area (Å²) in [4.78, 5) is 25.9. The second kappa shape index (κ2) is 11.3. The van der Waals surface area contributed by atoms with Crippen LogP contribution in [-0.2, 0) is 16.1 Å². The van der Waals surface area contributed by atoms with Gasteiger partial charge in [0.1, 0.15) is 12.4 Å². The molecule has 0 heterocycles. The molecule has 3 N–H and O–H groups in total. The topological polar surface area (TPSA) is 89.9 Å². The first kappa shape index (κ1) is 24.7. The lowest BCUT2D eigenvalue weighted by Gasteiger charge is -2.26. The third-order valence-electron chi connectivity index (χ3n) is 6.28. The number of aliphatic hydroxyl groups is 1. The van der Waals surface area contributed by atoms with Gasteiger partial charge in [0.15, 0.2) is 0 Å². The number of halogens is 1. The second-order valence-electron chi connectivity index (χ2n) is 9.16. The Morgan fingerprint density at radius 1 is 1.09 bits per heavy atom. The smallest absolute Gasteiger partial charge is 0.323 e. The number of benzene rings is 2. The number of nitrogens with one attached hydrogen (secondary N) is 1. The summed E-state index contributed by atoms with van der Waals surface area (Å²) in [6.45, 7) is 3.95. The number of hydrogen-bond acceptors (Lipinski definition) is 4. The molecule has 0 unspecified atom stereocenters. The number of carboxylic acid groups (broad SMARTS) is 1. The average Bonchev–Trinajstić information content (AvgIpc) is 2.96. The number of carboxylic acids is 1. The average molecular weight is 457 g/mol. The molecule has 3 rings (SSSR count). The number of nitrogens with zero attached hydrogens (tertiary/aromatic N) is 1. The molecule has 0 spiro atoms. The molecule has 178 valence electrons. The van der Waals surface area contributed by atoms with Gasteiger partial charge in [0, 0.05) is 18.2 Å². The van der Waals surface area contributed by atoms with E-state index in [9.17, 15) is 24.2 Å². The van der Waals surface area contributed by atoms with E-state index in [0.717, 1.165) is 5.69 Å². The minimum absolute atomic E-state index is 0.105. The molecular formula is C26H33FN2O4. The summed E-state index contributed by atoms with van der Waals surface area (Å²) in [6, 6.07) is 13.6. The highest BCUT2D eigenvalue weighted by molar-refractivity contribution is 5.83. The molecular weight excluding hydrogens is 423 g/mol. The molecule has 0 bridgehead atoms. The van der Waals surface area contributed by atoms with Gasteiger partial charge in [0.25, 0.3) is 0 Å². The molecule has 0 aliphatic heterocycles. The number of aliphatic hydroxyl groups excluding tert-OH is 1. The van der Waals surface area contributed by atoms with E-state index in [4.69, 9.17) is 0 Å². The van der Waals surface area contributed by atoms with Crippen LogP contribution in [0, 0.1) is 11.7 Å². The van der Waals surface area contributed by atoms with Crippen molar-refractivity contribution in [1.82, 2.24) is 4.90 Å². The first-order chi connectivity index (χ1) is 15.7. The van der Waals surface area contributed by atoms with Gasteiger partial charge in [0.05, 0.1) is 12.1 Å². The molecule has 1 aliphatic rings. The molecule has 1 amide bonds. The number of hydrogen-bond donors (Lipinski definition) is 3. The standard InChI is InChI=1S/C26H33FN2O4/c1-17(2)20-4-3-5-22(14-20)28-23-12-8-19(9-13-24(23)30)26(33)29(16-25(31)32)15-18-6-10-21(27)11-7-18/h3-7,10-11,14,17,19,23-24,28,30H,8-9,12-13,15-16H2,1-2H3,(H,31,32)/t19-,23+,24+/m1/s1. The number of carbonyl (C=O) groups is 2. The summed E-state index contributed by atoms with van der Waals surface area (Å²) < 4.78 is 13.2. The van der Waals surface area contributed by atoms with Crippen molar-refractivity contribution in [3.05, 3.63) is 65.5 Å². The molecule has 1 aliphatic carbocycles. The van der Waals surface area contributed by atoms with E-state index < -0.39 is 18.6 Å². The van der Waals surface area contributed by atoms with Crippen LogP contribution >= 0.6 is 0 Å². The minimum Gasteiger partial charge on any atom is -0.480 e. The second-order valence-corrected chi connectivity index (χ2v) is 9.16. The maximum Gasteiger partial charge on any atom is 0.323 e. The fourth-order valence-electron chi connectivity index (χ4n) is 4.35. The monoisotopic (exact) mass is 456 g/mol. The fourth-order valence-corrected chi connectivity index (χ4v) is 4.35. The van der Waals surface area contributed by atoms with Crippen molar-refractivity contribution < 1.29 is 24.2 Å². The Labute approximate surface area is 194 Å². The lowest BCUT2D eigenvalue weighted by atomic mass is 9.98. The molecule has 2 aromatic rings. The van der Waals surface area contributed by atoms with Crippen molar-refractivity contribution in [3.8, 4) is 0 Å². The maximum absolute atomic E-state index is 13.2. The largest absolute Gasteiger partial charge is 0.480 e. The van der Waals surface area contributed by atoms with Gasteiger partial charge in [0.2, 0.25) is 5.91 Å². The molecule has 6 nitrogen and oxygen atoms in total. The van der Waals surface area contributed by atoms with E-state index >= 15 is 0 Å². The molecule has 7 heteroatoms. The van der Waals surface area contributed by atoms with Gasteiger partial charge in [-0.2, -0.15) is 0 Å². The SMILES string of the molecule is CC(C)c1cccc(N[C@H]2CC[C@@H](C(=O)N(CC(=O)O)Cc3ccc(F)cc3)CC[C@@H]2O)c1. The molecule has 1 fully saturated rings. The van der Waals surface area contributed by atoms with E-state index in [2.05, 4.69) is 31.3 Å². The third-order valence-corrected chi connectivity index (χ3v) is 6.28. The van der Waals surface area contributed by atoms with Crippen molar-refractivity contribution in [2.45, 2.75) is 64.1 Å². The number of amides is 1. The Hall–Kier alpha value is -2.93. The highest BCUT2D eigenvalue weighted by Crippen LogP contribution is 2.29. The third kappa shape index (κ3) is 7.02. The maximum atomic E-state index is 13.2. The van der Waals surface area contributed by atoms with Crippen LogP contribution in [0.3, 0.4) is 0 Å². The quantitative estimate of drug-likeness (QED) is 0.513. The molecule has 0 saturated heterocycles. The zero-order valence-corrected chi connectivity index (χ0v) is 19.2. The van der Waals surface area contributed by atoms with Gasteiger partial charge >= 0.3 is 5.97 Å². The highest BCUT2D eigenvalue weighted by atomic mass is 19.1. The summed E-state index contributed by atoms with van der Waals surface area (Å²) in [6.07, 6.45) is 1.49. The number of rotatable bonds is 8. The first-order valence-corrected chi connectivity index (χ1v) is 11.5. The van der Waals surface area contributed by atoms with Crippen LogP contribution < -0.4 is 5.32 Å². The molecule has 1 saturated carbocycles. The molecule has 3 atom stereocenters. The van der Waals surface area contributed by atoms with Crippen LogP contribution in [0.4, 0.5) is 10.1 Å². The zero-order chi connectivity index (χ0) is 24.0. The molecule has 0 radical (unpaired) electrons. The summed E-state index contributed by atoms with van der Waals surface area (Å²) in [5.41, 5.74) is 2.82. The van der Waals surface area contributed by atoms with E-state index in [0.29, 0.717) is 37.2 Å². The van der Waals surface area contributed by atoms with Crippen LogP contribution in [0.15, 0.2) is 48.5 Å². The lowest BCUT2D eigenvalue weighted by Crippen LogP contribution is -2.39. The van der Waals surface area contributed by atoms with Gasteiger partial charge in [-0.05, 0) is 67.0 Å². The molecule has 0 aromatic heterocycles. The number of anilines is 1. The van der Waals surface area contributed by atoms with Gasteiger partial charge < -0.3 is 20.4 Å². The fraction of sp³-hybridized carbons (Fsp3) is 0.462. The number of carbonyl (C=O) groups excluding carboxylic acids is 1. The summed E-state index contributed by atoms with van der Waals surface area (Å²) >= 11 is 0. The van der Waals surface area contributed by atoms with Crippen LogP contribution in [0.1, 0.15) is 56.6 Å². The normalized spacial score (nSPS) is 20.8. The Morgan fingerprint density at radius 2 is 1.79 bits per heavy atom.